The number of aromatic nitrogens is 3. The van der Waals surface area contributed by atoms with E-state index in [0.29, 0.717) is 18.8 Å². The minimum atomic E-state index is -0.0320. The number of aryl methyl sites for hydroxylation is 2. The first-order valence-electron chi connectivity index (χ1n) is 10.4. The van der Waals surface area contributed by atoms with Gasteiger partial charge in [-0.15, -0.1) is 0 Å². The summed E-state index contributed by atoms with van der Waals surface area (Å²) in [5.74, 6) is 0.930. The van der Waals surface area contributed by atoms with Crippen molar-refractivity contribution in [2.75, 3.05) is 24.5 Å². The van der Waals surface area contributed by atoms with Gasteiger partial charge in [0.05, 0.1) is 11.6 Å². The van der Waals surface area contributed by atoms with Gasteiger partial charge in [-0.1, -0.05) is 42.4 Å². The molecule has 1 saturated heterocycles. The smallest absolute Gasteiger partial charge is 0.263 e. The van der Waals surface area contributed by atoms with E-state index in [1.165, 1.54) is 11.9 Å². The highest BCUT2D eigenvalue weighted by Crippen LogP contribution is 2.30. The van der Waals surface area contributed by atoms with Crippen LogP contribution in [0, 0.1) is 5.92 Å². The number of rotatable bonds is 7. The summed E-state index contributed by atoms with van der Waals surface area (Å²) in [6, 6.07) is 10.4. The Kier molecular flexibility index (Phi) is 6.03. The summed E-state index contributed by atoms with van der Waals surface area (Å²) < 4.78 is 5.34. The van der Waals surface area contributed by atoms with Crippen molar-refractivity contribution >= 4 is 22.8 Å². The van der Waals surface area contributed by atoms with Gasteiger partial charge in [-0.3, -0.25) is 4.79 Å². The maximum atomic E-state index is 12.7. The van der Waals surface area contributed by atoms with E-state index in [9.17, 15) is 4.79 Å². The van der Waals surface area contributed by atoms with Crippen LogP contribution in [0.15, 0.2) is 41.2 Å². The van der Waals surface area contributed by atoms with Crippen LogP contribution in [0.1, 0.15) is 37.4 Å². The Morgan fingerprint density at radius 1 is 1.28 bits per heavy atom. The van der Waals surface area contributed by atoms with Gasteiger partial charge in [-0.25, -0.2) is 4.98 Å². The van der Waals surface area contributed by atoms with Crippen LogP contribution in [0.5, 0.6) is 0 Å². The zero-order valence-corrected chi connectivity index (χ0v) is 16.8. The number of fused-ring (bicyclic) bond motifs is 1. The molecule has 1 aromatic carbocycles. The monoisotopic (exact) mass is 393 g/mol. The van der Waals surface area contributed by atoms with E-state index < -0.39 is 0 Å². The van der Waals surface area contributed by atoms with Crippen molar-refractivity contribution in [1.29, 1.82) is 0 Å². The first kappa shape index (κ1) is 19.4. The van der Waals surface area contributed by atoms with E-state index in [4.69, 9.17) is 4.52 Å². The Hall–Kier alpha value is -2.96. The minimum Gasteiger partial charge on any atom is -0.356 e. The van der Waals surface area contributed by atoms with Crippen LogP contribution in [0.3, 0.4) is 0 Å². The topological polar surface area (TPSA) is 84.2 Å². The normalized spacial score (nSPS) is 16.9. The number of benzene rings is 1. The third-order valence-electron chi connectivity index (χ3n) is 5.53. The Balaban J connectivity index is 1.36. The predicted molar refractivity (Wildman–Crippen MR) is 112 cm³/mol. The quantitative estimate of drug-likeness (QED) is 0.621. The number of hydrogen-bond acceptors (Lipinski definition) is 6. The minimum absolute atomic E-state index is 0.0320. The molecule has 3 heterocycles. The van der Waals surface area contributed by atoms with Gasteiger partial charge in [0.1, 0.15) is 17.5 Å². The zero-order valence-electron chi connectivity index (χ0n) is 16.8. The van der Waals surface area contributed by atoms with Gasteiger partial charge in [-0.05, 0) is 37.7 Å². The molecule has 0 bridgehead atoms. The van der Waals surface area contributed by atoms with Crippen molar-refractivity contribution in [3.8, 4) is 0 Å². The molecule has 1 aliphatic rings. The van der Waals surface area contributed by atoms with E-state index in [1.807, 2.05) is 25.1 Å². The highest BCUT2D eigenvalue weighted by atomic mass is 16.5. The van der Waals surface area contributed by atoms with Crippen molar-refractivity contribution in [1.82, 2.24) is 20.4 Å². The van der Waals surface area contributed by atoms with Gasteiger partial charge in [0.25, 0.3) is 5.71 Å². The van der Waals surface area contributed by atoms with Crippen LogP contribution in [-0.4, -0.2) is 40.7 Å². The van der Waals surface area contributed by atoms with Gasteiger partial charge in [0.15, 0.2) is 0 Å². The summed E-state index contributed by atoms with van der Waals surface area (Å²) in [4.78, 5) is 23.6. The third-order valence-corrected chi connectivity index (χ3v) is 5.53. The van der Waals surface area contributed by atoms with Crippen molar-refractivity contribution in [2.45, 2.75) is 39.0 Å². The lowest BCUT2D eigenvalue weighted by Gasteiger charge is -2.33. The molecule has 1 atom stereocenters. The van der Waals surface area contributed by atoms with E-state index in [1.54, 1.807) is 0 Å². The maximum Gasteiger partial charge on any atom is 0.263 e. The lowest BCUT2D eigenvalue weighted by atomic mass is 9.96. The van der Waals surface area contributed by atoms with E-state index >= 15 is 0 Å². The molecule has 7 heteroatoms. The molecule has 3 aromatic rings. The van der Waals surface area contributed by atoms with Crippen molar-refractivity contribution in [3.05, 3.63) is 47.9 Å². The van der Waals surface area contributed by atoms with E-state index in [0.717, 1.165) is 55.5 Å². The molecule has 1 fully saturated rings. The second kappa shape index (κ2) is 9.03. The fourth-order valence-corrected chi connectivity index (χ4v) is 3.98. The SMILES string of the molecule is CCc1noc2ncnc(N3CCC[C@@H](C(=O)NCCCc4ccccc4)C3)c12. The summed E-state index contributed by atoms with van der Waals surface area (Å²) in [6.07, 6.45) is 6.05. The third kappa shape index (κ3) is 4.39. The molecule has 0 unspecified atom stereocenters. The maximum absolute atomic E-state index is 12.7. The van der Waals surface area contributed by atoms with Crippen LogP contribution in [0.4, 0.5) is 5.82 Å². The number of carbonyl (C=O) groups excluding carboxylic acids is 1. The summed E-state index contributed by atoms with van der Waals surface area (Å²) in [7, 11) is 0. The van der Waals surface area contributed by atoms with E-state index in [2.05, 4.69) is 37.5 Å². The Morgan fingerprint density at radius 3 is 2.97 bits per heavy atom. The molecule has 7 nitrogen and oxygen atoms in total. The highest BCUT2D eigenvalue weighted by Gasteiger charge is 2.28. The van der Waals surface area contributed by atoms with Crippen LogP contribution in [0.2, 0.25) is 0 Å². The van der Waals surface area contributed by atoms with Gasteiger partial charge in [-0.2, -0.15) is 4.98 Å². The molecule has 1 aliphatic heterocycles. The summed E-state index contributed by atoms with van der Waals surface area (Å²) >= 11 is 0. The molecule has 0 aliphatic carbocycles. The zero-order chi connectivity index (χ0) is 20.1. The van der Waals surface area contributed by atoms with Crippen LogP contribution >= 0.6 is 0 Å². The average molecular weight is 393 g/mol. The molecular weight excluding hydrogens is 366 g/mol. The van der Waals surface area contributed by atoms with Crippen molar-refractivity contribution in [3.63, 3.8) is 0 Å². The Morgan fingerprint density at radius 2 is 2.14 bits per heavy atom. The van der Waals surface area contributed by atoms with Gasteiger partial charge in [0, 0.05) is 19.6 Å². The highest BCUT2D eigenvalue weighted by molar-refractivity contribution is 5.88. The van der Waals surface area contributed by atoms with Crippen molar-refractivity contribution in [2.24, 2.45) is 5.92 Å². The molecule has 0 spiro atoms. The molecule has 1 amide bonds. The fourth-order valence-electron chi connectivity index (χ4n) is 3.98. The number of amides is 1. The summed E-state index contributed by atoms with van der Waals surface area (Å²) in [5, 5.41) is 8.11. The number of carbonyl (C=O) groups is 1. The first-order chi connectivity index (χ1) is 14.3. The first-order valence-corrected chi connectivity index (χ1v) is 10.4. The molecule has 29 heavy (non-hydrogen) atoms. The molecule has 0 radical (unpaired) electrons. The number of anilines is 1. The van der Waals surface area contributed by atoms with Gasteiger partial charge in [0.2, 0.25) is 5.91 Å². The van der Waals surface area contributed by atoms with Crippen LogP contribution in [-0.2, 0) is 17.6 Å². The molecule has 152 valence electrons. The van der Waals surface area contributed by atoms with Gasteiger partial charge < -0.3 is 14.7 Å². The fraction of sp³-hybridized carbons (Fsp3) is 0.455. The Labute approximate surface area is 170 Å². The average Bonchev–Trinajstić information content (AvgIpc) is 3.21. The summed E-state index contributed by atoms with van der Waals surface area (Å²) in [5.41, 5.74) is 2.68. The number of nitrogens with zero attached hydrogens (tertiary/aromatic N) is 4. The lowest BCUT2D eigenvalue weighted by Crippen LogP contribution is -2.43. The largest absolute Gasteiger partial charge is 0.356 e. The molecule has 0 saturated carbocycles. The lowest BCUT2D eigenvalue weighted by molar-refractivity contribution is -0.125. The second-order valence-electron chi connectivity index (χ2n) is 7.53. The molecule has 1 N–H and O–H groups in total. The Bertz CT molecular complexity index is 956. The van der Waals surface area contributed by atoms with Crippen molar-refractivity contribution < 1.29 is 9.32 Å². The number of nitrogens with one attached hydrogen (secondary N) is 1. The number of hydrogen-bond donors (Lipinski definition) is 1. The van der Waals surface area contributed by atoms with Crippen LogP contribution < -0.4 is 10.2 Å². The molecular formula is C22H27N5O2. The second-order valence-corrected chi connectivity index (χ2v) is 7.53. The standard InChI is InChI=1S/C22H27N5O2/c1-2-18-19-20(24-15-25-22(19)29-26-18)27-13-7-11-17(14-27)21(28)23-12-6-10-16-8-4-3-5-9-16/h3-5,8-9,15,17H,2,6-7,10-14H2,1H3,(H,23,28)/t17-/m1/s1. The van der Waals surface area contributed by atoms with Crippen LogP contribution in [0.25, 0.3) is 11.1 Å². The van der Waals surface area contributed by atoms with Gasteiger partial charge >= 0.3 is 0 Å². The van der Waals surface area contributed by atoms with E-state index in [-0.39, 0.29) is 11.8 Å². The number of piperidine rings is 1. The summed E-state index contributed by atoms with van der Waals surface area (Å²) in [6.45, 7) is 4.27. The molecule has 2 aromatic heterocycles. The molecule has 4 rings (SSSR count). The predicted octanol–water partition coefficient (Wildman–Crippen LogP) is 3.15.